The van der Waals surface area contributed by atoms with Crippen molar-refractivity contribution in [2.75, 3.05) is 0 Å². The zero-order valence-electron chi connectivity index (χ0n) is 11.8. The number of nitriles is 1. The molecule has 23 heavy (non-hydrogen) atoms. The number of halogens is 2. The van der Waals surface area contributed by atoms with Gasteiger partial charge in [-0.3, -0.25) is 0 Å². The van der Waals surface area contributed by atoms with Crippen LogP contribution in [0.5, 0.6) is 0 Å². The fourth-order valence-corrected chi connectivity index (χ4v) is 3.21. The van der Waals surface area contributed by atoms with Crippen LogP contribution in [0.1, 0.15) is 5.56 Å². The molecular weight excluding hydrogens is 331 g/mol. The Hall–Kier alpha value is -2.35. The standard InChI is InChI=1S/C18H10ClFN2S/c19-14-2-1-3-16(10-14)23-18-13(11-21)6-9-17(22-18)12-4-7-15(20)8-5-12/h1-10H. The van der Waals surface area contributed by atoms with E-state index < -0.39 is 0 Å². The van der Waals surface area contributed by atoms with Gasteiger partial charge in [-0.25, -0.2) is 9.37 Å². The fraction of sp³-hybridized carbons (Fsp3) is 0. The first-order valence-corrected chi connectivity index (χ1v) is 7.95. The number of aromatic nitrogens is 1. The van der Waals surface area contributed by atoms with Gasteiger partial charge in [-0.05, 0) is 54.6 Å². The molecule has 0 unspecified atom stereocenters. The monoisotopic (exact) mass is 340 g/mol. The molecule has 2 nitrogen and oxygen atoms in total. The topological polar surface area (TPSA) is 36.7 Å². The number of benzene rings is 2. The van der Waals surface area contributed by atoms with E-state index in [9.17, 15) is 9.65 Å². The number of nitrogens with zero attached hydrogens (tertiary/aromatic N) is 2. The third-order valence-electron chi connectivity index (χ3n) is 3.13. The minimum absolute atomic E-state index is 0.295. The van der Waals surface area contributed by atoms with Gasteiger partial charge < -0.3 is 0 Å². The first-order chi connectivity index (χ1) is 11.2. The quantitative estimate of drug-likeness (QED) is 0.626. The molecule has 1 heterocycles. The van der Waals surface area contributed by atoms with Gasteiger partial charge in [0.2, 0.25) is 0 Å². The van der Waals surface area contributed by atoms with Crippen molar-refractivity contribution in [2.24, 2.45) is 0 Å². The largest absolute Gasteiger partial charge is 0.240 e. The predicted octanol–water partition coefficient (Wildman–Crippen LogP) is 5.56. The van der Waals surface area contributed by atoms with Crippen LogP contribution in [0, 0.1) is 17.1 Å². The van der Waals surface area contributed by atoms with E-state index in [1.807, 2.05) is 18.2 Å². The summed E-state index contributed by atoms with van der Waals surface area (Å²) in [6.45, 7) is 0. The minimum atomic E-state index is -0.295. The summed E-state index contributed by atoms with van der Waals surface area (Å²) in [5.41, 5.74) is 1.97. The minimum Gasteiger partial charge on any atom is -0.240 e. The third kappa shape index (κ3) is 3.70. The lowest BCUT2D eigenvalue weighted by Crippen LogP contribution is -1.91. The maximum atomic E-state index is 13.0. The van der Waals surface area contributed by atoms with E-state index in [-0.39, 0.29) is 5.82 Å². The van der Waals surface area contributed by atoms with E-state index in [0.29, 0.717) is 21.3 Å². The molecule has 0 aliphatic rings. The lowest BCUT2D eigenvalue weighted by molar-refractivity contribution is 0.628. The lowest BCUT2D eigenvalue weighted by atomic mass is 10.1. The highest BCUT2D eigenvalue weighted by atomic mass is 35.5. The maximum Gasteiger partial charge on any atom is 0.123 e. The van der Waals surface area contributed by atoms with Crippen LogP contribution in [0.2, 0.25) is 5.02 Å². The van der Waals surface area contributed by atoms with E-state index in [1.165, 1.54) is 23.9 Å². The van der Waals surface area contributed by atoms with Crippen molar-refractivity contribution in [3.8, 4) is 17.3 Å². The van der Waals surface area contributed by atoms with Crippen LogP contribution in [0.25, 0.3) is 11.3 Å². The summed E-state index contributed by atoms with van der Waals surface area (Å²) in [5.74, 6) is -0.295. The molecule has 0 atom stereocenters. The van der Waals surface area contributed by atoms with Crippen molar-refractivity contribution < 1.29 is 4.39 Å². The molecule has 3 aromatic rings. The van der Waals surface area contributed by atoms with Crippen molar-refractivity contribution in [1.82, 2.24) is 4.98 Å². The number of hydrogen-bond acceptors (Lipinski definition) is 3. The SMILES string of the molecule is N#Cc1ccc(-c2ccc(F)cc2)nc1Sc1cccc(Cl)c1. The second-order valence-electron chi connectivity index (χ2n) is 4.73. The van der Waals surface area contributed by atoms with Crippen molar-refractivity contribution in [1.29, 1.82) is 5.26 Å². The Bertz CT molecular complexity index is 888. The Labute approximate surface area is 142 Å². The molecule has 0 saturated heterocycles. The normalized spacial score (nSPS) is 10.3. The maximum absolute atomic E-state index is 13.0. The van der Waals surface area contributed by atoms with Gasteiger partial charge in [-0.1, -0.05) is 29.4 Å². The summed E-state index contributed by atoms with van der Waals surface area (Å²) in [7, 11) is 0. The highest BCUT2D eigenvalue weighted by Crippen LogP contribution is 2.32. The Morgan fingerprint density at radius 3 is 2.52 bits per heavy atom. The first-order valence-electron chi connectivity index (χ1n) is 6.76. The van der Waals surface area contributed by atoms with Crippen LogP contribution in [-0.4, -0.2) is 4.98 Å². The van der Waals surface area contributed by atoms with Crippen LogP contribution in [-0.2, 0) is 0 Å². The molecule has 0 amide bonds. The summed E-state index contributed by atoms with van der Waals surface area (Å²) in [6.07, 6.45) is 0. The highest BCUT2D eigenvalue weighted by molar-refractivity contribution is 7.99. The molecule has 0 radical (unpaired) electrons. The summed E-state index contributed by atoms with van der Waals surface area (Å²) >= 11 is 7.37. The van der Waals surface area contributed by atoms with Crippen LogP contribution >= 0.6 is 23.4 Å². The number of rotatable bonds is 3. The fourth-order valence-electron chi connectivity index (χ4n) is 2.03. The van der Waals surface area contributed by atoms with Crippen LogP contribution in [0.15, 0.2) is 70.6 Å². The molecular formula is C18H10ClFN2S. The van der Waals surface area contributed by atoms with E-state index in [0.717, 1.165) is 10.5 Å². The molecule has 2 aromatic carbocycles. The highest BCUT2D eigenvalue weighted by Gasteiger charge is 2.09. The smallest absolute Gasteiger partial charge is 0.123 e. The van der Waals surface area contributed by atoms with Gasteiger partial charge in [-0.2, -0.15) is 5.26 Å². The average molecular weight is 341 g/mol. The molecule has 0 aliphatic carbocycles. The third-order valence-corrected chi connectivity index (χ3v) is 4.36. The van der Waals surface area contributed by atoms with Gasteiger partial charge in [-0.15, -0.1) is 0 Å². The zero-order chi connectivity index (χ0) is 16.2. The average Bonchev–Trinajstić information content (AvgIpc) is 2.55. The lowest BCUT2D eigenvalue weighted by Gasteiger charge is -2.07. The molecule has 0 saturated carbocycles. The van der Waals surface area contributed by atoms with E-state index in [2.05, 4.69) is 11.1 Å². The Morgan fingerprint density at radius 2 is 1.83 bits per heavy atom. The van der Waals surface area contributed by atoms with Crippen molar-refractivity contribution in [3.05, 3.63) is 77.1 Å². The van der Waals surface area contributed by atoms with E-state index in [4.69, 9.17) is 11.6 Å². The molecule has 0 N–H and O–H groups in total. The number of hydrogen-bond donors (Lipinski definition) is 0. The van der Waals surface area contributed by atoms with Gasteiger partial charge in [0.05, 0.1) is 11.3 Å². The molecule has 0 spiro atoms. The number of pyridine rings is 1. The second kappa shape index (κ2) is 6.82. The second-order valence-corrected chi connectivity index (χ2v) is 6.23. The van der Waals surface area contributed by atoms with Crippen molar-refractivity contribution in [2.45, 2.75) is 9.92 Å². The molecule has 112 valence electrons. The molecule has 0 aliphatic heterocycles. The van der Waals surface area contributed by atoms with Crippen LogP contribution in [0.4, 0.5) is 4.39 Å². The Balaban J connectivity index is 2.00. The van der Waals surface area contributed by atoms with Crippen LogP contribution in [0.3, 0.4) is 0 Å². The first kappa shape index (κ1) is 15.5. The molecule has 3 rings (SSSR count). The summed E-state index contributed by atoms with van der Waals surface area (Å²) in [4.78, 5) is 5.44. The van der Waals surface area contributed by atoms with Gasteiger partial charge in [0.25, 0.3) is 0 Å². The molecule has 0 bridgehead atoms. The van der Waals surface area contributed by atoms with Crippen molar-refractivity contribution in [3.63, 3.8) is 0 Å². The molecule has 1 aromatic heterocycles. The molecule has 5 heteroatoms. The van der Waals surface area contributed by atoms with Crippen LogP contribution < -0.4 is 0 Å². The van der Waals surface area contributed by atoms with Gasteiger partial charge >= 0.3 is 0 Å². The van der Waals surface area contributed by atoms with E-state index >= 15 is 0 Å². The summed E-state index contributed by atoms with van der Waals surface area (Å²) < 4.78 is 13.0. The Kier molecular flexibility index (Phi) is 4.61. The van der Waals surface area contributed by atoms with Gasteiger partial charge in [0.1, 0.15) is 16.9 Å². The van der Waals surface area contributed by atoms with E-state index in [1.54, 1.807) is 30.3 Å². The summed E-state index contributed by atoms with van der Waals surface area (Å²) in [5, 5.41) is 10.5. The van der Waals surface area contributed by atoms with Crippen molar-refractivity contribution >= 4 is 23.4 Å². The predicted molar refractivity (Wildman–Crippen MR) is 89.9 cm³/mol. The van der Waals surface area contributed by atoms with Gasteiger partial charge in [0.15, 0.2) is 0 Å². The van der Waals surface area contributed by atoms with Gasteiger partial charge in [0, 0.05) is 15.5 Å². The summed E-state index contributed by atoms with van der Waals surface area (Å²) in [6, 6.07) is 19.1. The Morgan fingerprint density at radius 1 is 1.04 bits per heavy atom. The molecule has 0 fully saturated rings. The zero-order valence-corrected chi connectivity index (χ0v) is 13.4.